The van der Waals surface area contributed by atoms with Crippen molar-refractivity contribution >= 4 is 24.4 Å². The van der Waals surface area contributed by atoms with E-state index in [-0.39, 0.29) is 18.4 Å². The summed E-state index contributed by atoms with van der Waals surface area (Å²) < 4.78 is 15.7. The van der Waals surface area contributed by atoms with E-state index in [0.717, 1.165) is 31.2 Å². The summed E-state index contributed by atoms with van der Waals surface area (Å²) in [5, 5.41) is 2.49. The van der Waals surface area contributed by atoms with Crippen molar-refractivity contribution in [3.8, 4) is 0 Å². The Morgan fingerprint density at radius 1 is 1.09 bits per heavy atom. The standard InChI is InChI=1S/C24H34N2O6/c1-17(26-23(29)31-16-19-8-6-5-7-9-19)21(27)30-15-20-12-10-18(11-13-20)14-25-22(28)32-24(2,3)4/h5-9,14,17-18,20H,10-13,15-16H2,1-4H3,(H,26,29)/t17-,18?,20?/m0/s1. The lowest BCUT2D eigenvalue weighted by atomic mass is 9.83. The molecule has 32 heavy (non-hydrogen) atoms. The molecule has 0 bridgehead atoms. The highest BCUT2D eigenvalue weighted by molar-refractivity contribution is 5.81. The predicted molar refractivity (Wildman–Crippen MR) is 120 cm³/mol. The van der Waals surface area contributed by atoms with Crippen molar-refractivity contribution in [3.05, 3.63) is 35.9 Å². The van der Waals surface area contributed by atoms with Crippen LogP contribution in [0.4, 0.5) is 9.59 Å². The molecular weight excluding hydrogens is 412 g/mol. The van der Waals surface area contributed by atoms with Gasteiger partial charge >= 0.3 is 18.2 Å². The molecule has 8 heteroatoms. The first-order valence-corrected chi connectivity index (χ1v) is 11.0. The Bertz CT molecular complexity index is 779. The van der Waals surface area contributed by atoms with Crippen LogP contribution in [0.2, 0.25) is 0 Å². The summed E-state index contributed by atoms with van der Waals surface area (Å²) in [6, 6.07) is 8.50. The summed E-state index contributed by atoms with van der Waals surface area (Å²) in [5.74, 6) is -0.0212. The number of hydrogen-bond acceptors (Lipinski definition) is 6. The number of benzene rings is 1. The number of nitrogens with zero attached hydrogens (tertiary/aromatic N) is 1. The summed E-state index contributed by atoms with van der Waals surface area (Å²) >= 11 is 0. The summed E-state index contributed by atoms with van der Waals surface area (Å²) in [7, 11) is 0. The molecule has 1 N–H and O–H groups in total. The van der Waals surface area contributed by atoms with Crippen molar-refractivity contribution in [1.29, 1.82) is 0 Å². The number of rotatable bonds is 7. The van der Waals surface area contributed by atoms with E-state index in [9.17, 15) is 14.4 Å². The normalized spacial score (nSPS) is 19.8. The summed E-state index contributed by atoms with van der Waals surface area (Å²) in [6.07, 6.45) is 3.92. The van der Waals surface area contributed by atoms with Crippen molar-refractivity contribution in [2.75, 3.05) is 6.61 Å². The molecule has 176 valence electrons. The maximum atomic E-state index is 12.2. The number of amides is 2. The average molecular weight is 447 g/mol. The van der Waals surface area contributed by atoms with Crippen molar-refractivity contribution in [2.45, 2.75) is 71.6 Å². The quantitative estimate of drug-likeness (QED) is 0.371. The van der Waals surface area contributed by atoms with Gasteiger partial charge < -0.3 is 19.5 Å². The Balaban J connectivity index is 1.62. The molecule has 1 saturated carbocycles. The first-order valence-electron chi connectivity index (χ1n) is 11.0. The van der Waals surface area contributed by atoms with Gasteiger partial charge in [0.1, 0.15) is 18.2 Å². The van der Waals surface area contributed by atoms with Crippen molar-refractivity contribution in [3.63, 3.8) is 0 Å². The number of esters is 1. The van der Waals surface area contributed by atoms with Crippen molar-refractivity contribution < 1.29 is 28.6 Å². The highest BCUT2D eigenvalue weighted by atomic mass is 16.6. The fourth-order valence-corrected chi connectivity index (χ4v) is 3.28. The number of nitrogens with one attached hydrogen (secondary N) is 1. The third-order valence-corrected chi connectivity index (χ3v) is 5.04. The van der Waals surface area contributed by atoms with Crippen LogP contribution >= 0.6 is 0 Å². The van der Waals surface area contributed by atoms with Gasteiger partial charge in [-0.25, -0.2) is 14.4 Å². The summed E-state index contributed by atoms with van der Waals surface area (Å²) in [6.45, 7) is 7.41. The van der Waals surface area contributed by atoms with E-state index in [0.29, 0.717) is 6.61 Å². The van der Waals surface area contributed by atoms with E-state index in [1.165, 1.54) is 0 Å². The Kier molecular flexibility index (Phi) is 9.68. The maximum Gasteiger partial charge on any atom is 0.433 e. The second-order valence-electron chi connectivity index (χ2n) is 9.10. The van der Waals surface area contributed by atoms with Crippen LogP contribution in [0, 0.1) is 11.8 Å². The number of hydrogen-bond donors (Lipinski definition) is 1. The minimum absolute atomic E-state index is 0.134. The molecule has 8 nitrogen and oxygen atoms in total. The van der Waals surface area contributed by atoms with E-state index < -0.39 is 29.8 Å². The van der Waals surface area contributed by atoms with Gasteiger partial charge in [-0.05, 0) is 70.8 Å². The molecule has 0 saturated heterocycles. The van der Waals surface area contributed by atoms with Crippen molar-refractivity contribution in [1.82, 2.24) is 5.32 Å². The maximum absolute atomic E-state index is 12.2. The van der Waals surface area contributed by atoms with E-state index in [2.05, 4.69) is 10.3 Å². The molecule has 0 aliphatic heterocycles. The van der Waals surface area contributed by atoms with Gasteiger partial charge in [0.2, 0.25) is 0 Å². The van der Waals surface area contributed by atoms with Crippen LogP contribution in [-0.2, 0) is 25.6 Å². The fraction of sp³-hybridized carbons (Fsp3) is 0.583. The molecule has 0 spiro atoms. The number of carbonyl (C=O) groups excluding carboxylic acids is 3. The van der Waals surface area contributed by atoms with Gasteiger partial charge in [-0.1, -0.05) is 30.3 Å². The molecular formula is C24H34N2O6. The van der Waals surface area contributed by atoms with Crippen LogP contribution in [0.5, 0.6) is 0 Å². The van der Waals surface area contributed by atoms with E-state index in [1.807, 2.05) is 30.3 Å². The zero-order valence-corrected chi connectivity index (χ0v) is 19.3. The van der Waals surface area contributed by atoms with Gasteiger partial charge in [0.25, 0.3) is 0 Å². The molecule has 0 heterocycles. The molecule has 0 unspecified atom stereocenters. The van der Waals surface area contributed by atoms with Crippen LogP contribution in [0.1, 0.15) is 58.9 Å². The van der Waals surface area contributed by atoms with Gasteiger partial charge in [0.15, 0.2) is 0 Å². The average Bonchev–Trinajstić information content (AvgIpc) is 2.75. The van der Waals surface area contributed by atoms with Crippen LogP contribution in [0.25, 0.3) is 0 Å². The molecule has 1 aliphatic rings. The number of aliphatic imine (C=N–C) groups is 1. The topological polar surface area (TPSA) is 103 Å². The fourth-order valence-electron chi connectivity index (χ4n) is 3.28. The lowest BCUT2D eigenvalue weighted by molar-refractivity contribution is -0.147. The monoisotopic (exact) mass is 446 g/mol. The Hall–Kier alpha value is -2.90. The highest BCUT2D eigenvalue weighted by Crippen LogP contribution is 2.28. The minimum Gasteiger partial charge on any atom is -0.464 e. The molecule has 1 aromatic rings. The molecule has 1 aliphatic carbocycles. The van der Waals surface area contributed by atoms with E-state index in [1.54, 1.807) is 33.9 Å². The van der Waals surface area contributed by atoms with Crippen LogP contribution in [0.15, 0.2) is 35.3 Å². The largest absolute Gasteiger partial charge is 0.464 e. The van der Waals surface area contributed by atoms with E-state index >= 15 is 0 Å². The summed E-state index contributed by atoms with van der Waals surface area (Å²) in [5.41, 5.74) is 0.310. The minimum atomic E-state index is -0.796. The third-order valence-electron chi connectivity index (χ3n) is 5.04. The number of alkyl carbamates (subject to hydrolysis) is 1. The third kappa shape index (κ3) is 9.94. The van der Waals surface area contributed by atoms with Gasteiger partial charge in [-0.15, -0.1) is 0 Å². The zero-order chi connectivity index (χ0) is 23.6. The van der Waals surface area contributed by atoms with Gasteiger partial charge in [0.05, 0.1) is 6.61 Å². The van der Waals surface area contributed by atoms with Crippen molar-refractivity contribution in [2.24, 2.45) is 16.8 Å². The van der Waals surface area contributed by atoms with E-state index in [4.69, 9.17) is 14.2 Å². The number of ether oxygens (including phenoxy) is 3. The first kappa shape index (κ1) is 25.4. The lowest BCUT2D eigenvalue weighted by Gasteiger charge is -2.26. The molecule has 1 aromatic carbocycles. The second-order valence-corrected chi connectivity index (χ2v) is 9.10. The molecule has 2 rings (SSSR count). The van der Waals surface area contributed by atoms with Gasteiger partial charge in [-0.3, -0.25) is 0 Å². The highest BCUT2D eigenvalue weighted by Gasteiger charge is 2.24. The smallest absolute Gasteiger partial charge is 0.433 e. The molecule has 0 radical (unpaired) electrons. The van der Waals surface area contributed by atoms with Crippen LogP contribution in [0.3, 0.4) is 0 Å². The molecule has 2 amide bonds. The first-order chi connectivity index (χ1) is 15.1. The zero-order valence-electron chi connectivity index (χ0n) is 19.3. The second kappa shape index (κ2) is 12.2. The predicted octanol–water partition coefficient (Wildman–Crippen LogP) is 4.66. The Morgan fingerprint density at radius 3 is 2.38 bits per heavy atom. The summed E-state index contributed by atoms with van der Waals surface area (Å²) in [4.78, 5) is 39.6. The van der Waals surface area contributed by atoms with Crippen LogP contribution in [-0.4, -0.2) is 42.6 Å². The molecule has 1 fully saturated rings. The molecule has 1 atom stereocenters. The lowest BCUT2D eigenvalue weighted by Crippen LogP contribution is -2.40. The molecule has 0 aromatic heterocycles. The van der Waals surface area contributed by atoms with Crippen LogP contribution < -0.4 is 5.32 Å². The Morgan fingerprint density at radius 2 is 1.75 bits per heavy atom. The van der Waals surface area contributed by atoms with Gasteiger partial charge in [-0.2, -0.15) is 4.99 Å². The Labute approximate surface area is 189 Å². The van der Waals surface area contributed by atoms with Gasteiger partial charge in [0, 0.05) is 6.21 Å². The number of carbonyl (C=O) groups is 3. The SMILES string of the molecule is C[C@H](NC(=O)OCc1ccccc1)C(=O)OCC1CCC(C=NC(=O)OC(C)(C)C)CC1.